The van der Waals surface area contributed by atoms with Gasteiger partial charge in [-0.2, -0.15) is 15.1 Å². The molecule has 1 aliphatic carbocycles. The molecule has 6 rings (SSSR count). The minimum atomic E-state index is -0.412. The van der Waals surface area contributed by atoms with Crippen LogP contribution in [0.1, 0.15) is 18.5 Å². The van der Waals surface area contributed by atoms with Crippen molar-refractivity contribution in [3.05, 3.63) is 53.2 Å². The lowest BCUT2D eigenvalue weighted by Crippen LogP contribution is -2.35. The van der Waals surface area contributed by atoms with Crippen LogP contribution in [0.15, 0.2) is 57.6 Å². The largest absolute Gasteiger partial charge is 0.290 e. The molecule has 29 heavy (non-hydrogen) atoms. The van der Waals surface area contributed by atoms with Crippen molar-refractivity contribution in [2.45, 2.75) is 12.8 Å². The first-order valence-corrected chi connectivity index (χ1v) is 10.9. The molecule has 1 amide bonds. The summed E-state index contributed by atoms with van der Waals surface area (Å²) < 4.78 is 1.94. The maximum absolute atomic E-state index is 12.8. The molecule has 142 valence electrons. The number of hydrogen-bond acceptors (Lipinski definition) is 6. The number of fused-ring (bicyclic) bond motifs is 2. The van der Waals surface area contributed by atoms with Gasteiger partial charge in [0.05, 0.1) is 17.0 Å². The Hall–Kier alpha value is -3.04. The van der Waals surface area contributed by atoms with Gasteiger partial charge in [-0.15, -0.1) is 11.3 Å². The average Bonchev–Trinajstić information content (AvgIpc) is 3.17. The van der Waals surface area contributed by atoms with Crippen molar-refractivity contribution in [1.82, 2.24) is 14.4 Å². The third-order valence-electron chi connectivity index (χ3n) is 5.02. The van der Waals surface area contributed by atoms with E-state index in [2.05, 4.69) is 10.1 Å². The van der Waals surface area contributed by atoms with E-state index in [9.17, 15) is 4.79 Å². The summed E-state index contributed by atoms with van der Waals surface area (Å²) in [6, 6.07) is 9.85. The molecule has 4 heterocycles. The molecule has 0 radical (unpaired) electrons. The summed E-state index contributed by atoms with van der Waals surface area (Å²) in [5.74, 6) is 0.103. The van der Waals surface area contributed by atoms with Gasteiger partial charge in [-0.3, -0.25) is 14.6 Å². The van der Waals surface area contributed by atoms with Gasteiger partial charge in [-0.25, -0.2) is 4.98 Å². The predicted octanol–water partition coefficient (Wildman–Crippen LogP) is 4.09. The molecule has 0 bridgehead atoms. The Morgan fingerprint density at radius 3 is 2.83 bits per heavy atom. The number of imidazole rings is 1. The number of carbonyl (C=O) groups is 1. The molecule has 0 saturated heterocycles. The number of aromatic nitrogens is 2. The van der Waals surface area contributed by atoms with E-state index in [1.54, 1.807) is 6.08 Å². The second-order valence-electron chi connectivity index (χ2n) is 7.00. The Labute approximate surface area is 174 Å². The lowest BCUT2D eigenvalue weighted by molar-refractivity contribution is -0.114. The number of aliphatic imine (C=N–C) groups is 1. The maximum atomic E-state index is 12.8. The van der Waals surface area contributed by atoms with Gasteiger partial charge in [-0.1, -0.05) is 30.3 Å². The molecular formula is C20H14N6OS2. The number of rotatable bonds is 3. The summed E-state index contributed by atoms with van der Waals surface area (Å²) in [6.45, 7) is 0. The van der Waals surface area contributed by atoms with Gasteiger partial charge in [0.2, 0.25) is 5.17 Å². The Morgan fingerprint density at radius 1 is 1.21 bits per heavy atom. The van der Waals surface area contributed by atoms with Gasteiger partial charge < -0.3 is 0 Å². The van der Waals surface area contributed by atoms with Crippen LogP contribution in [0.25, 0.3) is 22.3 Å². The molecule has 0 spiro atoms. The number of nitrogens with one attached hydrogen (secondary N) is 1. The molecular weight excluding hydrogens is 404 g/mol. The van der Waals surface area contributed by atoms with Crippen molar-refractivity contribution in [3.63, 3.8) is 0 Å². The van der Waals surface area contributed by atoms with Gasteiger partial charge in [0.1, 0.15) is 5.04 Å². The number of thioether (sulfide) groups is 1. The number of hydrazone groups is 1. The van der Waals surface area contributed by atoms with E-state index in [1.165, 1.54) is 28.1 Å². The van der Waals surface area contributed by atoms with E-state index in [-0.39, 0.29) is 11.4 Å². The van der Waals surface area contributed by atoms with Gasteiger partial charge >= 0.3 is 0 Å². The lowest BCUT2D eigenvalue weighted by atomic mass is 10.1. The number of benzene rings is 1. The fourth-order valence-electron chi connectivity index (χ4n) is 3.39. The minimum absolute atomic E-state index is 0.0624. The molecule has 0 unspecified atom stereocenters. The highest BCUT2D eigenvalue weighted by atomic mass is 32.2. The monoisotopic (exact) mass is 418 g/mol. The van der Waals surface area contributed by atoms with Crippen molar-refractivity contribution in [2.24, 2.45) is 16.0 Å². The summed E-state index contributed by atoms with van der Waals surface area (Å²) in [5, 5.41) is 18.0. The van der Waals surface area contributed by atoms with Crippen LogP contribution < -0.4 is 0 Å². The van der Waals surface area contributed by atoms with Crippen LogP contribution in [-0.2, 0) is 4.79 Å². The Bertz CT molecular complexity index is 1280. The number of amidine groups is 2. The summed E-state index contributed by atoms with van der Waals surface area (Å²) >= 11 is 2.94. The zero-order valence-corrected chi connectivity index (χ0v) is 16.7. The number of hydrogen-bond donors (Lipinski definition) is 1. The highest BCUT2D eigenvalue weighted by molar-refractivity contribution is 8.27. The fraction of sp³-hybridized carbons (Fsp3) is 0.150. The lowest BCUT2D eigenvalue weighted by Gasteiger charge is -2.20. The molecule has 1 N–H and O–H groups in total. The normalized spacial score (nSPS) is 20.4. The standard InChI is InChI=1S/C20H14N6OS2/c21-16-13(17(27)23-20-26(16)24-18(29-20)12-6-7-12)10-14-15(11-4-2-1-3-5-11)22-19-25(14)8-9-28-19/h1-5,8-10,12,21H,6-7H2. The molecule has 3 aliphatic rings. The summed E-state index contributed by atoms with van der Waals surface area (Å²) in [5.41, 5.74) is 2.72. The molecule has 2 aliphatic heterocycles. The molecule has 2 aromatic heterocycles. The second-order valence-corrected chi connectivity index (χ2v) is 8.86. The maximum Gasteiger partial charge on any atom is 0.283 e. The number of amides is 1. The topological polar surface area (TPSA) is 86.2 Å². The molecule has 0 atom stereocenters. The first-order chi connectivity index (χ1) is 14.2. The molecule has 1 fully saturated rings. The summed E-state index contributed by atoms with van der Waals surface area (Å²) in [6.07, 6.45) is 5.87. The van der Waals surface area contributed by atoms with Crippen LogP contribution in [-0.4, -0.2) is 36.3 Å². The fourth-order valence-corrected chi connectivity index (χ4v) is 5.17. The van der Waals surface area contributed by atoms with E-state index in [0.29, 0.717) is 11.1 Å². The Kier molecular flexibility index (Phi) is 3.62. The minimum Gasteiger partial charge on any atom is -0.290 e. The van der Waals surface area contributed by atoms with Gasteiger partial charge in [0, 0.05) is 23.1 Å². The number of carbonyl (C=O) groups excluding carboxylic acids is 1. The molecule has 3 aromatic rings. The van der Waals surface area contributed by atoms with Gasteiger partial charge in [-0.05, 0) is 30.7 Å². The first kappa shape index (κ1) is 16.9. The third kappa shape index (κ3) is 2.69. The van der Waals surface area contributed by atoms with Crippen LogP contribution in [0.5, 0.6) is 0 Å². The molecule has 1 saturated carbocycles. The van der Waals surface area contributed by atoms with E-state index >= 15 is 0 Å². The van der Waals surface area contributed by atoms with Crippen molar-refractivity contribution < 1.29 is 4.79 Å². The highest BCUT2D eigenvalue weighted by Crippen LogP contribution is 2.40. The Balaban J connectivity index is 1.48. The predicted molar refractivity (Wildman–Crippen MR) is 116 cm³/mol. The van der Waals surface area contributed by atoms with Crippen molar-refractivity contribution in [1.29, 1.82) is 5.41 Å². The summed E-state index contributed by atoms with van der Waals surface area (Å²) in [4.78, 5) is 22.6. The Morgan fingerprint density at radius 2 is 2.03 bits per heavy atom. The average molecular weight is 419 g/mol. The van der Waals surface area contributed by atoms with Crippen LogP contribution in [0.3, 0.4) is 0 Å². The quantitative estimate of drug-likeness (QED) is 0.649. The van der Waals surface area contributed by atoms with E-state index in [0.717, 1.165) is 39.8 Å². The number of thiazole rings is 1. The molecule has 9 heteroatoms. The third-order valence-corrected chi connectivity index (χ3v) is 6.85. The SMILES string of the molecule is N=C1C(=Cc2c(-c3ccccc3)nc3sccn23)C(=O)N=C2SC(C3CC3)=NN12. The van der Waals surface area contributed by atoms with Crippen LogP contribution >= 0.6 is 23.1 Å². The van der Waals surface area contributed by atoms with E-state index in [4.69, 9.17) is 10.4 Å². The van der Waals surface area contributed by atoms with Crippen LogP contribution in [0.2, 0.25) is 0 Å². The van der Waals surface area contributed by atoms with E-state index in [1.807, 2.05) is 46.3 Å². The molecule has 1 aromatic carbocycles. The van der Waals surface area contributed by atoms with Crippen LogP contribution in [0.4, 0.5) is 0 Å². The molecule has 7 nitrogen and oxygen atoms in total. The number of nitrogens with zero attached hydrogens (tertiary/aromatic N) is 5. The highest BCUT2D eigenvalue weighted by Gasteiger charge is 2.40. The smallest absolute Gasteiger partial charge is 0.283 e. The van der Waals surface area contributed by atoms with Gasteiger partial charge in [0.25, 0.3) is 5.91 Å². The zero-order valence-electron chi connectivity index (χ0n) is 15.1. The first-order valence-electron chi connectivity index (χ1n) is 9.20. The second kappa shape index (κ2) is 6.23. The summed E-state index contributed by atoms with van der Waals surface area (Å²) in [7, 11) is 0. The van der Waals surface area contributed by atoms with Crippen molar-refractivity contribution >= 4 is 56.1 Å². The van der Waals surface area contributed by atoms with Crippen molar-refractivity contribution in [3.8, 4) is 11.3 Å². The van der Waals surface area contributed by atoms with Crippen molar-refractivity contribution in [2.75, 3.05) is 0 Å². The van der Waals surface area contributed by atoms with E-state index < -0.39 is 5.91 Å². The van der Waals surface area contributed by atoms with Gasteiger partial charge in [0.15, 0.2) is 10.8 Å². The van der Waals surface area contributed by atoms with Crippen LogP contribution in [0, 0.1) is 11.3 Å². The zero-order chi connectivity index (χ0) is 19.5.